The Hall–Kier alpha value is -2.24. The van der Waals surface area contributed by atoms with E-state index in [1.807, 2.05) is 19.1 Å². The molecule has 0 spiro atoms. The normalized spacial score (nSPS) is 16.5. The van der Waals surface area contributed by atoms with Gasteiger partial charge in [0.25, 0.3) is 0 Å². The minimum atomic E-state index is -0.197. The fraction of sp³-hybridized carbons (Fsp3) is 0.316. The molecular formula is C19H22ClN3O2. The number of carbonyl (C=O) groups is 1. The summed E-state index contributed by atoms with van der Waals surface area (Å²) in [6.07, 6.45) is 0. The molecule has 1 unspecified atom stereocenters. The summed E-state index contributed by atoms with van der Waals surface area (Å²) in [6.45, 7) is 5.26. The number of benzene rings is 2. The molecule has 6 heteroatoms. The average Bonchev–Trinajstić information content (AvgIpc) is 2.64. The number of anilines is 2. The van der Waals surface area contributed by atoms with Crippen LogP contribution < -0.4 is 10.2 Å². The summed E-state index contributed by atoms with van der Waals surface area (Å²) in [5, 5.41) is 13.0. The van der Waals surface area contributed by atoms with Gasteiger partial charge in [-0.1, -0.05) is 11.6 Å². The van der Waals surface area contributed by atoms with Gasteiger partial charge in [0, 0.05) is 42.6 Å². The zero-order valence-electron chi connectivity index (χ0n) is 14.2. The van der Waals surface area contributed by atoms with Crippen molar-refractivity contribution in [3.8, 4) is 5.75 Å². The van der Waals surface area contributed by atoms with Crippen molar-refractivity contribution in [1.29, 1.82) is 0 Å². The van der Waals surface area contributed by atoms with Gasteiger partial charge in [-0.25, -0.2) is 0 Å². The number of carbonyl (C=O) groups excluding carboxylic acids is 1. The third-order valence-corrected chi connectivity index (χ3v) is 4.82. The van der Waals surface area contributed by atoms with Crippen LogP contribution in [0.2, 0.25) is 5.02 Å². The summed E-state index contributed by atoms with van der Waals surface area (Å²) < 4.78 is 0. The van der Waals surface area contributed by atoms with E-state index in [0.717, 1.165) is 37.6 Å². The fourth-order valence-corrected chi connectivity index (χ4v) is 3.10. The second kappa shape index (κ2) is 7.76. The van der Waals surface area contributed by atoms with Crippen LogP contribution in [0.3, 0.4) is 0 Å². The summed E-state index contributed by atoms with van der Waals surface area (Å²) in [5.41, 5.74) is 1.85. The number of hydrogen-bond donors (Lipinski definition) is 2. The molecule has 0 radical (unpaired) electrons. The number of rotatable bonds is 4. The summed E-state index contributed by atoms with van der Waals surface area (Å²) in [7, 11) is 0. The highest BCUT2D eigenvalue weighted by Crippen LogP contribution is 2.21. The standard InChI is InChI=1S/C19H22ClN3O2/c1-14(19(25)21-16-4-2-15(20)3-5-16)22-10-12-23(13-11-22)17-6-8-18(24)9-7-17/h2-9,14,24H,10-13H2,1H3,(H,21,25). The first-order chi connectivity index (χ1) is 12.0. The van der Waals surface area contributed by atoms with E-state index in [9.17, 15) is 9.90 Å². The van der Waals surface area contributed by atoms with Crippen molar-refractivity contribution in [3.63, 3.8) is 0 Å². The number of aromatic hydroxyl groups is 1. The molecule has 25 heavy (non-hydrogen) atoms. The molecule has 1 saturated heterocycles. The number of nitrogens with one attached hydrogen (secondary N) is 1. The number of phenolic OH excluding ortho intramolecular Hbond substituents is 1. The molecule has 1 aliphatic rings. The van der Waals surface area contributed by atoms with Gasteiger partial charge >= 0.3 is 0 Å². The highest BCUT2D eigenvalue weighted by atomic mass is 35.5. The van der Waals surface area contributed by atoms with Crippen LogP contribution >= 0.6 is 11.6 Å². The molecule has 1 aliphatic heterocycles. The van der Waals surface area contributed by atoms with Crippen LogP contribution in [-0.2, 0) is 4.79 Å². The molecular weight excluding hydrogens is 338 g/mol. The lowest BCUT2D eigenvalue weighted by atomic mass is 10.2. The van der Waals surface area contributed by atoms with Crippen molar-refractivity contribution in [2.75, 3.05) is 36.4 Å². The number of hydrogen-bond acceptors (Lipinski definition) is 4. The van der Waals surface area contributed by atoms with Gasteiger partial charge < -0.3 is 15.3 Å². The maximum Gasteiger partial charge on any atom is 0.241 e. The van der Waals surface area contributed by atoms with Gasteiger partial charge in [0.05, 0.1) is 6.04 Å². The van der Waals surface area contributed by atoms with E-state index in [2.05, 4.69) is 15.1 Å². The Bertz CT molecular complexity index is 710. The molecule has 2 aromatic carbocycles. The minimum absolute atomic E-state index is 0.0135. The largest absolute Gasteiger partial charge is 0.508 e. The summed E-state index contributed by atoms with van der Waals surface area (Å²) in [4.78, 5) is 16.9. The first kappa shape index (κ1) is 17.6. The summed E-state index contributed by atoms with van der Waals surface area (Å²) in [5.74, 6) is 0.260. The van der Waals surface area contributed by atoms with E-state index >= 15 is 0 Å². The smallest absolute Gasteiger partial charge is 0.241 e. The van der Waals surface area contributed by atoms with E-state index in [-0.39, 0.29) is 17.7 Å². The van der Waals surface area contributed by atoms with Crippen LogP contribution in [0.25, 0.3) is 0 Å². The minimum Gasteiger partial charge on any atom is -0.508 e. The highest BCUT2D eigenvalue weighted by Gasteiger charge is 2.25. The molecule has 0 aromatic heterocycles. The zero-order chi connectivity index (χ0) is 17.8. The predicted molar refractivity (Wildman–Crippen MR) is 101 cm³/mol. The van der Waals surface area contributed by atoms with E-state index < -0.39 is 0 Å². The van der Waals surface area contributed by atoms with Crippen molar-refractivity contribution >= 4 is 28.9 Å². The quantitative estimate of drug-likeness (QED) is 0.880. The Morgan fingerprint density at radius 2 is 1.64 bits per heavy atom. The van der Waals surface area contributed by atoms with Gasteiger partial charge in [0.15, 0.2) is 0 Å². The number of nitrogens with zero attached hydrogens (tertiary/aromatic N) is 2. The number of piperazine rings is 1. The molecule has 2 aromatic rings. The van der Waals surface area contributed by atoms with Crippen LogP contribution in [0.4, 0.5) is 11.4 Å². The van der Waals surface area contributed by atoms with Crippen molar-refractivity contribution in [2.24, 2.45) is 0 Å². The van der Waals surface area contributed by atoms with E-state index in [4.69, 9.17) is 11.6 Å². The second-order valence-corrected chi connectivity index (χ2v) is 6.65. The van der Waals surface area contributed by atoms with Crippen molar-refractivity contribution < 1.29 is 9.90 Å². The molecule has 0 saturated carbocycles. The lowest BCUT2D eigenvalue weighted by Gasteiger charge is -2.38. The summed E-state index contributed by atoms with van der Waals surface area (Å²) in [6, 6.07) is 14.2. The second-order valence-electron chi connectivity index (χ2n) is 6.21. The van der Waals surface area contributed by atoms with Crippen LogP contribution in [0.5, 0.6) is 5.75 Å². The number of phenols is 1. The molecule has 0 bridgehead atoms. The maximum absolute atomic E-state index is 12.5. The van der Waals surface area contributed by atoms with E-state index in [1.165, 1.54) is 0 Å². The molecule has 1 amide bonds. The van der Waals surface area contributed by atoms with Crippen molar-refractivity contribution in [2.45, 2.75) is 13.0 Å². The first-order valence-corrected chi connectivity index (χ1v) is 8.75. The Morgan fingerprint density at radius 3 is 2.24 bits per heavy atom. The molecule has 2 N–H and O–H groups in total. The van der Waals surface area contributed by atoms with Crippen LogP contribution in [0, 0.1) is 0 Å². The van der Waals surface area contributed by atoms with E-state index in [1.54, 1.807) is 36.4 Å². The molecule has 1 atom stereocenters. The topological polar surface area (TPSA) is 55.8 Å². The fourth-order valence-electron chi connectivity index (χ4n) is 2.98. The van der Waals surface area contributed by atoms with Crippen LogP contribution in [-0.4, -0.2) is 48.1 Å². The lowest BCUT2D eigenvalue weighted by molar-refractivity contribution is -0.120. The third kappa shape index (κ3) is 4.44. The average molecular weight is 360 g/mol. The molecule has 0 aliphatic carbocycles. The van der Waals surface area contributed by atoms with E-state index in [0.29, 0.717) is 5.02 Å². The Labute approximate surface area is 152 Å². The highest BCUT2D eigenvalue weighted by molar-refractivity contribution is 6.30. The third-order valence-electron chi connectivity index (χ3n) is 4.57. The molecule has 132 valence electrons. The van der Waals surface area contributed by atoms with Gasteiger partial charge in [0.1, 0.15) is 5.75 Å². The van der Waals surface area contributed by atoms with Crippen molar-refractivity contribution in [1.82, 2.24) is 4.90 Å². The van der Waals surface area contributed by atoms with Crippen LogP contribution in [0.15, 0.2) is 48.5 Å². The maximum atomic E-state index is 12.5. The van der Waals surface area contributed by atoms with Gasteiger partial charge in [0.2, 0.25) is 5.91 Å². The Balaban J connectivity index is 1.53. The Morgan fingerprint density at radius 1 is 1.04 bits per heavy atom. The first-order valence-electron chi connectivity index (χ1n) is 8.37. The van der Waals surface area contributed by atoms with Gasteiger partial charge in [-0.2, -0.15) is 0 Å². The monoisotopic (exact) mass is 359 g/mol. The number of halogens is 1. The predicted octanol–water partition coefficient (Wildman–Crippen LogP) is 3.19. The van der Waals surface area contributed by atoms with Gasteiger partial charge in [-0.05, 0) is 55.5 Å². The SMILES string of the molecule is CC(C(=O)Nc1ccc(Cl)cc1)N1CCN(c2ccc(O)cc2)CC1. The van der Waals surface area contributed by atoms with Gasteiger partial charge in [-0.15, -0.1) is 0 Å². The molecule has 3 rings (SSSR count). The Kier molecular flexibility index (Phi) is 5.46. The summed E-state index contributed by atoms with van der Waals surface area (Å²) >= 11 is 5.87. The zero-order valence-corrected chi connectivity index (χ0v) is 14.9. The molecule has 1 heterocycles. The molecule has 1 fully saturated rings. The van der Waals surface area contributed by atoms with Crippen molar-refractivity contribution in [3.05, 3.63) is 53.6 Å². The van der Waals surface area contributed by atoms with Gasteiger partial charge in [-0.3, -0.25) is 9.69 Å². The van der Waals surface area contributed by atoms with Crippen LogP contribution in [0.1, 0.15) is 6.92 Å². The number of amides is 1. The molecule has 5 nitrogen and oxygen atoms in total. The lowest BCUT2D eigenvalue weighted by Crippen LogP contribution is -2.52.